The van der Waals surface area contributed by atoms with Crippen LogP contribution in [0.3, 0.4) is 0 Å². The lowest BCUT2D eigenvalue weighted by Crippen LogP contribution is -2.22. The SMILES string of the molecule is COC(CCCC(=O)O)C(=O)O.COC(CCCC(=O)O)C(=O)O. The second-order valence-electron chi connectivity index (χ2n) is 4.70. The van der Waals surface area contributed by atoms with Crippen LogP contribution in [0, 0.1) is 0 Å². The van der Waals surface area contributed by atoms with E-state index in [2.05, 4.69) is 9.47 Å². The maximum absolute atomic E-state index is 10.3. The summed E-state index contributed by atoms with van der Waals surface area (Å²) in [6, 6.07) is 0. The van der Waals surface area contributed by atoms with E-state index in [1.807, 2.05) is 0 Å². The van der Waals surface area contributed by atoms with Gasteiger partial charge in [0.1, 0.15) is 0 Å². The minimum atomic E-state index is -1.05. The van der Waals surface area contributed by atoms with Gasteiger partial charge in [0, 0.05) is 27.1 Å². The highest BCUT2D eigenvalue weighted by Crippen LogP contribution is 2.04. The van der Waals surface area contributed by atoms with Gasteiger partial charge in [0.15, 0.2) is 12.2 Å². The molecule has 4 N–H and O–H groups in total. The summed E-state index contributed by atoms with van der Waals surface area (Å²) in [7, 11) is 2.58. The highest BCUT2D eigenvalue weighted by atomic mass is 16.5. The lowest BCUT2D eigenvalue weighted by molar-refractivity contribution is -0.150. The Morgan fingerprint density at radius 2 is 1.00 bits per heavy atom. The lowest BCUT2D eigenvalue weighted by Gasteiger charge is -2.08. The van der Waals surface area contributed by atoms with Gasteiger partial charge >= 0.3 is 23.9 Å². The number of hydrogen-bond acceptors (Lipinski definition) is 6. The number of aliphatic carboxylic acids is 4. The Morgan fingerprint density at radius 3 is 1.17 bits per heavy atom. The van der Waals surface area contributed by atoms with E-state index in [0.717, 1.165) is 0 Å². The largest absolute Gasteiger partial charge is 0.481 e. The number of carboxylic acids is 4. The predicted molar refractivity (Wildman–Crippen MR) is 79.8 cm³/mol. The van der Waals surface area contributed by atoms with Crippen molar-refractivity contribution in [1.29, 1.82) is 0 Å². The number of carbonyl (C=O) groups is 4. The summed E-state index contributed by atoms with van der Waals surface area (Å²) in [5, 5.41) is 33.4. The molecule has 10 nitrogen and oxygen atoms in total. The summed E-state index contributed by atoms with van der Waals surface area (Å²) in [5.74, 6) is -3.95. The van der Waals surface area contributed by atoms with Crippen molar-refractivity contribution in [2.45, 2.75) is 50.7 Å². The van der Waals surface area contributed by atoms with Gasteiger partial charge in [-0.1, -0.05) is 0 Å². The van der Waals surface area contributed by atoms with Gasteiger partial charge in [0.05, 0.1) is 0 Å². The van der Waals surface area contributed by atoms with Crippen LogP contribution in [0.4, 0.5) is 0 Å². The molecule has 0 aliphatic heterocycles. The van der Waals surface area contributed by atoms with Crippen molar-refractivity contribution < 1.29 is 49.1 Å². The maximum atomic E-state index is 10.3. The molecule has 140 valence electrons. The van der Waals surface area contributed by atoms with Crippen molar-refractivity contribution in [2.24, 2.45) is 0 Å². The molecular weight excluding hydrogens is 328 g/mol. The topological polar surface area (TPSA) is 168 Å². The van der Waals surface area contributed by atoms with Crippen molar-refractivity contribution in [3.63, 3.8) is 0 Å². The fourth-order valence-corrected chi connectivity index (χ4v) is 1.56. The highest BCUT2D eigenvalue weighted by Gasteiger charge is 2.16. The molecule has 0 aromatic rings. The molecule has 0 spiro atoms. The van der Waals surface area contributed by atoms with Crippen LogP contribution in [0.25, 0.3) is 0 Å². The minimum absolute atomic E-state index is 0.0207. The van der Waals surface area contributed by atoms with Crippen LogP contribution in [0.2, 0.25) is 0 Å². The summed E-state index contributed by atoms with van der Waals surface area (Å²) in [5.41, 5.74) is 0. The predicted octanol–water partition coefficient (Wildman–Crippen LogP) is 0.682. The fraction of sp³-hybridized carbons (Fsp3) is 0.714. The zero-order chi connectivity index (χ0) is 19.1. The molecule has 0 aromatic heterocycles. The molecule has 0 saturated carbocycles. The molecule has 2 atom stereocenters. The van der Waals surface area contributed by atoms with Crippen molar-refractivity contribution >= 4 is 23.9 Å². The van der Waals surface area contributed by atoms with Gasteiger partial charge in [0.25, 0.3) is 0 Å². The minimum Gasteiger partial charge on any atom is -0.481 e. The van der Waals surface area contributed by atoms with E-state index in [1.165, 1.54) is 14.2 Å². The van der Waals surface area contributed by atoms with Gasteiger partial charge in [-0.25, -0.2) is 9.59 Å². The van der Waals surface area contributed by atoms with E-state index in [9.17, 15) is 19.2 Å². The van der Waals surface area contributed by atoms with Crippen LogP contribution in [0.1, 0.15) is 38.5 Å². The Labute approximate surface area is 139 Å². The van der Waals surface area contributed by atoms with E-state index in [1.54, 1.807) is 0 Å². The van der Waals surface area contributed by atoms with Crippen LogP contribution in [-0.2, 0) is 28.7 Å². The fourth-order valence-electron chi connectivity index (χ4n) is 1.56. The Bertz CT molecular complexity index is 368. The van der Waals surface area contributed by atoms with Crippen LogP contribution < -0.4 is 0 Å². The lowest BCUT2D eigenvalue weighted by atomic mass is 10.1. The van der Waals surface area contributed by atoms with Crippen molar-refractivity contribution in [1.82, 2.24) is 0 Å². The number of methoxy groups -OCH3 is 2. The smallest absolute Gasteiger partial charge is 0.332 e. The van der Waals surface area contributed by atoms with Gasteiger partial charge in [-0.2, -0.15) is 0 Å². The summed E-state index contributed by atoms with van der Waals surface area (Å²) in [4.78, 5) is 40.8. The molecule has 0 saturated heterocycles. The maximum Gasteiger partial charge on any atom is 0.332 e. The summed E-state index contributed by atoms with van der Waals surface area (Å²) in [6.45, 7) is 0. The van der Waals surface area contributed by atoms with Gasteiger partial charge in [0.2, 0.25) is 0 Å². The standard InChI is InChI=1S/2C7H12O5/c2*1-12-5(7(10)11)3-2-4-6(8)9/h2*5H,2-4H2,1H3,(H,8,9)(H,10,11). The van der Waals surface area contributed by atoms with Gasteiger partial charge in [-0.15, -0.1) is 0 Å². The van der Waals surface area contributed by atoms with E-state index in [0.29, 0.717) is 12.8 Å². The second kappa shape index (κ2) is 14.4. The van der Waals surface area contributed by atoms with Crippen molar-refractivity contribution in [2.75, 3.05) is 14.2 Å². The Morgan fingerprint density at radius 1 is 0.708 bits per heavy atom. The van der Waals surface area contributed by atoms with E-state index < -0.39 is 36.1 Å². The average Bonchev–Trinajstić information content (AvgIpc) is 2.47. The van der Waals surface area contributed by atoms with E-state index >= 15 is 0 Å². The third kappa shape index (κ3) is 14.7. The molecule has 0 rings (SSSR count). The van der Waals surface area contributed by atoms with Crippen molar-refractivity contribution in [3.05, 3.63) is 0 Å². The molecule has 0 heterocycles. The summed E-state index contributed by atoms with van der Waals surface area (Å²) in [6.07, 6.45) is -0.703. The number of ether oxygens (including phenoxy) is 2. The van der Waals surface area contributed by atoms with Crippen LogP contribution in [0.5, 0.6) is 0 Å². The Kier molecular flexibility index (Phi) is 14.4. The monoisotopic (exact) mass is 352 g/mol. The molecule has 0 fully saturated rings. The van der Waals surface area contributed by atoms with Crippen molar-refractivity contribution in [3.8, 4) is 0 Å². The van der Waals surface area contributed by atoms with E-state index in [4.69, 9.17) is 20.4 Å². The number of rotatable bonds is 12. The first-order valence-corrected chi connectivity index (χ1v) is 7.10. The molecule has 0 radical (unpaired) electrons. The number of carboxylic acid groups (broad SMARTS) is 4. The molecule has 24 heavy (non-hydrogen) atoms. The van der Waals surface area contributed by atoms with Gasteiger partial charge in [-0.05, 0) is 25.7 Å². The zero-order valence-corrected chi connectivity index (χ0v) is 13.6. The van der Waals surface area contributed by atoms with Gasteiger partial charge < -0.3 is 29.9 Å². The Balaban J connectivity index is 0. The zero-order valence-electron chi connectivity index (χ0n) is 13.6. The molecule has 10 heteroatoms. The third-order valence-corrected chi connectivity index (χ3v) is 2.83. The van der Waals surface area contributed by atoms with Gasteiger partial charge in [-0.3, -0.25) is 9.59 Å². The normalized spacial score (nSPS) is 12.4. The first kappa shape index (κ1) is 24.1. The first-order valence-electron chi connectivity index (χ1n) is 7.10. The van der Waals surface area contributed by atoms with Crippen LogP contribution >= 0.6 is 0 Å². The molecular formula is C14H24O10. The highest BCUT2D eigenvalue weighted by molar-refractivity contribution is 5.73. The molecule has 0 bridgehead atoms. The van der Waals surface area contributed by atoms with Crippen LogP contribution in [-0.4, -0.2) is 70.7 Å². The van der Waals surface area contributed by atoms with Crippen LogP contribution in [0.15, 0.2) is 0 Å². The average molecular weight is 352 g/mol. The Hall–Kier alpha value is -2.20. The molecule has 0 amide bonds. The summed E-state index contributed by atoms with van der Waals surface area (Å²) >= 11 is 0. The molecule has 2 unspecified atom stereocenters. The third-order valence-electron chi connectivity index (χ3n) is 2.83. The first-order chi connectivity index (χ1) is 11.1. The molecule has 0 aromatic carbocycles. The van der Waals surface area contributed by atoms with E-state index in [-0.39, 0.29) is 25.7 Å². The molecule has 0 aliphatic rings. The second-order valence-corrected chi connectivity index (χ2v) is 4.70. The quantitative estimate of drug-likeness (QED) is 0.392. The summed E-state index contributed by atoms with van der Waals surface area (Å²) < 4.78 is 9.20. The number of hydrogen-bond donors (Lipinski definition) is 4. The molecule has 0 aliphatic carbocycles.